The van der Waals surface area contributed by atoms with Crippen LogP contribution in [0.4, 0.5) is 11.4 Å². The van der Waals surface area contributed by atoms with E-state index < -0.39 is 6.04 Å². The van der Waals surface area contributed by atoms with E-state index in [4.69, 9.17) is 32.9 Å². The number of hydrogen-bond acceptors (Lipinski definition) is 5. The van der Waals surface area contributed by atoms with E-state index in [9.17, 15) is 10.2 Å². The molecule has 7 heteroatoms. The molecule has 28 heavy (non-hydrogen) atoms. The van der Waals surface area contributed by atoms with Gasteiger partial charge in [-0.05, 0) is 48.5 Å². The van der Waals surface area contributed by atoms with Crippen LogP contribution in [0.15, 0.2) is 59.6 Å². The van der Waals surface area contributed by atoms with E-state index in [2.05, 4.69) is 5.32 Å². The number of rotatable bonds is 3. The number of ether oxygens (including phenoxy) is 1. The summed E-state index contributed by atoms with van der Waals surface area (Å²) in [6.07, 6.45) is 0. The summed E-state index contributed by atoms with van der Waals surface area (Å²) in [5.41, 5.74) is 2.89. The van der Waals surface area contributed by atoms with Gasteiger partial charge in [-0.3, -0.25) is 0 Å². The number of nitrogens with one attached hydrogen (secondary N) is 1. The van der Waals surface area contributed by atoms with Gasteiger partial charge in [0, 0.05) is 27.2 Å². The lowest BCUT2D eigenvalue weighted by atomic mass is 9.93. The van der Waals surface area contributed by atoms with Gasteiger partial charge in [0.25, 0.3) is 0 Å². The van der Waals surface area contributed by atoms with Crippen LogP contribution < -0.4 is 10.1 Å². The standard InChI is InChI=1S/C21H16Cl2N2O3/c1-28-13-4-5-16-17(10-13)25-21(15-9-12(23)3-7-19(15)27)20(24-16)14-8-11(22)2-6-18(14)26/h2-10,20,24,26-27H,1H3. The first-order valence-electron chi connectivity index (χ1n) is 8.46. The lowest BCUT2D eigenvalue weighted by molar-refractivity contribution is 0.415. The Kier molecular flexibility index (Phi) is 4.79. The van der Waals surface area contributed by atoms with E-state index in [1.807, 2.05) is 12.1 Å². The molecule has 0 radical (unpaired) electrons. The van der Waals surface area contributed by atoms with Gasteiger partial charge in [-0.25, -0.2) is 4.99 Å². The number of aromatic hydroxyl groups is 2. The summed E-state index contributed by atoms with van der Waals surface area (Å²) in [5.74, 6) is 0.749. The predicted molar refractivity (Wildman–Crippen MR) is 112 cm³/mol. The highest BCUT2D eigenvalue weighted by Crippen LogP contribution is 2.42. The fourth-order valence-corrected chi connectivity index (χ4v) is 3.53. The maximum Gasteiger partial charge on any atom is 0.124 e. The van der Waals surface area contributed by atoms with Crippen molar-refractivity contribution >= 4 is 40.3 Å². The van der Waals surface area contributed by atoms with Gasteiger partial charge in [-0.2, -0.15) is 0 Å². The largest absolute Gasteiger partial charge is 0.508 e. The molecule has 1 heterocycles. The predicted octanol–water partition coefficient (Wildman–Crippen LogP) is 5.70. The zero-order valence-corrected chi connectivity index (χ0v) is 16.3. The van der Waals surface area contributed by atoms with Gasteiger partial charge in [-0.1, -0.05) is 23.2 Å². The van der Waals surface area contributed by atoms with Crippen molar-refractivity contribution in [1.82, 2.24) is 0 Å². The van der Waals surface area contributed by atoms with Crippen molar-refractivity contribution < 1.29 is 14.9 Å². The third-order valence-electron chi connectivity index (χ3n) is 4.55. The van der Waals surface area contributed by atoms with Crippen LogP contribution in [-0.4, -0.2) is 23.0 Å². The topological polar surface area (TPSA) is 74.1 Å². The zero-order valence-electron chi connectivity index (χ0n) is 14.8. The van der Waals surface area contributed by atoms with Crippen molar-refractivity contribution in [3.05, 3.63) is 75.8 Å². The Labute approximate surface area is 171 Å². The van der Waals surface area contributed by atoms with Gasteiger partial charge in [0.15, 0.2) is 0 Å². The van der Waals surface area contributed by atoms with Crippen LogP contribution in [0.2, 0.25) is 10.0 Å². The van der Waals surface area contributed by atoms with Gasteiger partial charge in [0.2, 0.25) is 0 Å². The van der Waals surface area contributed by atoms with Crippen molar-refractivity contribution in [2.24, 2.45) is 4.99 Å². The summed E-state index contributed by atoms with van der Waals surface area (Å²) in [7, 11) is 1.58. The number of phenolic OH excluding ortho intramolecular Hbond substituents is 2. The quantitative estimate of drug-likeness (QED) is 0.513. The maximum atomic E-state index is 10.4. The van der Waals surface area contributed by atoms with Crippen molar-refractivity contribution in [2.45, 2.75) is 6.04 Å². The molecule has 0 aromatic heterocycles. The Morgan fingerprint density at radius 2 is 1.64 bits per heavy atom. The van der Waals surface area contributed by atoms with Crippen LogP contribution >= 0.6 is 23.2 Å². The number of phenols is 2. The maximum absolute atomic E-state index is 10.4. The lowest BCUT2D eigenvalue weighted by Crippen LogP contribution is -2.25. The molecule has 0 aliphatic carbocycles. The average Bonchev–Trinajstić information content (AvgIpc) is 2.70. The van der Waals surface area contributed by atoms with Crippen LogP contribution in [-0.2, 0) is 0 Å². The highest BCUT2D eigenvalue weighted by atomic mass is 35.5. The Balaban J connectivity index is 1.95. The van der Waals surface area contributed by atoms with Crippen molar-refractivity contribution in [3.8, 4) is 17.2 Å². The number of aliphatic imine (C=N–C) groups is 1. The molecule has 1 atom stereocenters. The van der Waals surface area contributed by atoms with Crippen molar-refractivity contribution in [3.63, 3.8) is 0 Å². The summed E-state index contributed by atoms with van der Waals surface area (Å²) in [6.45, 7) is 0. The van der Waals surface area contributed by atoms with Crippen LogP contribution in [0.1, 0.15) is 17.2 Å². The van der Waals surface area contributed by atoms with Gasteiger partial charge < -0.3 is 20.3 Å². The first kappa shape index (κ1) is 18.5. The number of nitrogens with zero attached hydrogens (tertiary/aromatic N) is 1. The summed E-state index contributed by atoms with van der Waals surface area (Å²) >= 11 is 12.3. The smallest absolute Gasteiger partial charge is 0.124 e. The second-order valence-electron chi connectivity index (χ2n) is 6.32. The zero-order chi connectivity index (χ0) is 19.8. The Bertz CT molecular complexity index is 1100. The van der Waals surface area contributed by atoms with Crippen LogP contribution in [0.3, 0.4) is 0 Å². The van der Waals surface area contributed by atoms with Crippen LogP contribution in [0.5, 0.6) is 17.2 Å². The molecule has 0 amide bonds. The number of methoxy groups -OCH3 is 1. The summed E-state index contributed by atoms with van der Waals surface area (Å²) in [5, 5.41) is 25.2. The number of fused-ring (bicyclic) bond motifs is 1. The van der Waals surface area contributed by atoms with Gasteiger partial charge in [0.1, 0.15) is 17.2 Å². The lowest BCUT2D eigenvalue weighted by Gasteiger charge is -2.29. The van der Waals surface area contributed by atoms with E-state index >= 15 is 0 Å². The molecule has 1 aliphatic heterocycles. The van der Waals surface area contributed by atoms with E-state index in [1.165, 1.54) is 12.1 Å². The number of benzene rings is 3. The molecular formula is C21H16Cl2N2O3. The van der Waals surface area contributed by atoms with Crippen LogP contribution in [0, 0.1) is 0 Å². The summed E-state index contributed by atoms with van der Waals surface area (Å²) in [6, 6.07) is 14.4. The number of anilines is 1. The van der Waals surface area contributed by atoms with E-state index in [-0.39, 0.29) is 11.5 Å². The van der Waals surface area contributed by atoms with Gasteiger partial charge in [0.05, 0.1) is 30.2 Å². The highest BCUT2D eigenvalue weighted by molar-refractivity contribution is 6.31. The van der Waals surface area contributed by atoms with Gasteiger partial charge >= 0.3 is 0 Å². The van der Waals surface area contributed by atoms with Crippen LogP contribution in [0.25, 0.3) is 0 Å². The normalized spacial score (nSPS) is 15.4. The molecule has 3 aromatic rings. The number of hydrogen-bond donors (Lipinski definition) is 3. The molecule has 4 rings (SSSR count). The molecule has 1 aliphatic rings. The molecule has 0 saturated heterocycles. The van der Waals surface area contributed by atoms with E-state index in [1.54, 1.807) is 37.4 Å². The third kappa shape index (κ3) is 3.35. The molecule has 5 nitrogen and oxygen atoms in total. The first-order chi connectivity index (χ1) is 13.5. The summed E-state index contributed by atoms with van der Waals surface area (Å²) in [4.78, 5) is 4.76. The van der Waals surface area contributed by atoms with E-state index in [0.29, 0.717) is 38.3 Å². The highest BCUT2D eigenvalue weighted by Gasteiger charge is 2.29. The molecule has 0 fully saturated rings. The second kappa shape index (κ2) is 7.26. The minimum absolute atomic E-state index is 0.0304. The van der Waals surface area contributed by atoms with E-state index in [0.717, 1.165) is 5.69 Å². The van der Waals surface area contributed by atoms with Crippen molar-refractivity contribution in [1.29, 1.82) is 0 Å². The third-order valence-corrected chi connectivity index (χ3v) is 5.02. The average molecular weight is 415 g/mol. The molecule has 3 aromatic carbocycles. The molecule has 0 spiro atoms. The molecule has 3 N–H and O–H groups in total. The summed E-state index contributed by atoms with van der Waals surface area (Å²) < 4.78 is 5.29. The first-order valence-corrected chi connectivity index (χ1v) is 9.22. The fourth-order valence-electron chi connectivity index (χ4n) is 3.18. The molecule has 142 valence electrons. The molecule has 1 unspecified atom stereocenters. The Morgan fingerprint density at radius 1 is 0.929 bits per heavy atom. The Morgan fingerprint density at radius 3 is 2.39 bits per heavy atom. The molecule has 0 saturated carbocycles. The SMILES string of the molecule is COc1ccc2c(c1)N=C(c1cc(Cl)ccc1O)C(c1cc(Cl)ccc1O)N2. The van der Waals surface area contributed by atoms with Gasteiger partial charge in [-0.15, -0.1) is 0 Å². The fraction of sp³-hybridized carbons (Fsp3) is 0.0952. The molecular weight excluding hydrogens is 399 g/mol. The monoisotopic (exact) mass is 414 g/mol. The minimum Gasteiger partial charge on any atom is -0.508 e. The Hall–Kier alpha value is -2.89. The second-order valence-corrected chi connectivity index (χ2v) is 7.19. The number of halogens is 2. The van der Waals surface area contributed by atoms with Crippen molar-refractivity contribution in [2.75, 3.05) is 12.4 Å². The minimum atomic E-state index is -0.552. The molecule has 0 bridgehead atoms.